The van der Waals surface area contributed by atoms with E-state index in [1.807, 2.05) is 26.0 Å². The number of likely N-dealkylation sites (tertiary alicyclic amines) is 1. The second kappa shape index (κ2) is 5.64. The highest BCUT2D eigenvalue weighted by Gasteiger charge is 2.22. The molecule has 1 aliphatic rings. The SMILES string of the molecule is Cc1ccc2[nH]c(C)c(C[NH+]3CCC[C@H](C)C3)c(=O)c2c1. The van der Waals surface area contributed by atoms with Gasteiger partial charge in [-0.1, -0.05) is 18.6 Å². The number of quaternary nitrogens is 1. The number of aromatic nitrogens is 1. The van der Waals surface area contributed by atoms with E-state index in [0.29, 0.717) is 0 Å². The Morgan fingerprint density at radius 2 is 2.14 bits per heavy atom. The normalized spacial score (nSPS) is 22.6. The lowest BCUT2D eigenvalue weighted by atomic mass is 9.99. The number of hydrogen-bond acceptors (Lipinski definition) is 1. The topological polar surface area (TPSA) is 37.3 Å². The summed E-state index contributed by atoms with van der Waals surface area (Å²) in [6.45, 7) is 9.62. The molecule has 112 valence electrons. The Kier molecular flexibility index (Phi) is 3.85. The number of hydrogen-bond donors (Lipinski definition) is 2. The summed E-state index contributed by atoms with van der Waals surface area (Å²) in [5, 5.41) is 0.833. The van der Waals surface area contributed by atoms with Crippen LogP contribution in [0.4, 0.5) is 0 Å². The highest BCUT2D eigenvalue weighted by molar-refractivity contribution is 5.80. The number of aryl methyl sites for hydroxylation is 2. The fourth-order valence-electron chi connectivity index (χ4n) is 3.59. The third kappa shape index (κ3) is 2.88. The second-order valence-electron chi connectivity index (χ2n) is 6.74. The molecule has 2 N–H and O–H groups in total. The van der Waals surface area contributed by atoms with Crippen molar-refractivity contribution in [3.05, 3.63) is 45.2 Å². The molecule has 1 aromatic carbocycles. The van der Waals surface area contributed by atoms with Crippen molar-refractivity contribution < 1.29 is 4.90 Å². The molecule has 0 aliphatic carbocycles. The lowest BCUT2D eigenvalue weighted by molar-refractivity contribution is -0.922. The Morgan fingerprint density at radius 3 is 2.90 bits per heavy atom. The van der Waals surface area contributed by atoms with Crippen molar-refractivity contribution in [2.75, 3.05) is 13.1 Å². The van der Waals surface area contributed by atoms with Crippen molar-refractivity contribution in [1.29, 1.82) is 0 Å². The molecule has 3 rings (SSSR count). The summed E-state index contributed by atoms with van der Waals surface area (Å²) in [7, 11) is 0. The Hall–Kier alpha value is -1.61. The van der Waals surface area contributed by atoms with Crippen LogP contribution in [0.1, 0.15) is 36.6 Å². The predicted octanol–water partition coefficient (Wildman–Crippen LogP) is 1.96. The van der Waals surface area contributed by atoms with Gasteiger partial charge in [-0.3, -0.25) is 4.79 Å². The van der Waals surface area contributed by atoms with Crippen molar-refractivity contribution in [2.24, 2.45) is 5.92 Å². The van der Waals surface area contributed by atoms with E-state index in [4.69, 9.17) is 0 Å². The van der Waals surface area contributed by atoms with Gasteiger partial charge in [-0.05, 0) is 38.8 Å². The highest BCUT2D eigenvalue weighted by atomic mass is 16.1. The maximum Gasteiger partial charge on any atom is 0.198 e. The number of nitrogens with one attached hydrogen (secondary N) is 2. The molecule has 1 saturated heterocycles. The number of piperidine rings is 1. The van der Waals surface area contributed by atoms with Crippen molar-refractivity contribution in [3.8, 4) is 0 Å². The Labute approximate surface area is 126 Å². The molecule has 0 bridgehead atoms. The summed E-state index contributed by atoms with van der Waals surface area (Å²) in [4.78, 5) is 17.8. The number of aromatic amines is 1. The van der Waals surface area contributed by atoms with Gasteiger partial charge >= 0.3 is 0 Å². The van der Waals surface area contributed by atoms with Gasteiger partial charge < -0.3 is 9.88 Å². The molecule has 0 amide bonds. The number of benzene rings is 1. The Balaban J connectivity index is 2.00. The van der Waals surface area contributed by atoms with E-state index < -0.39 is 0 Å². The van der Waals surface area contributed by atoms with Gasteiger partial charge in [0.25, 0.3) is 0 Å². The maximum absolute atomic E-state index is 12.8. The van der Waals surface area contributed by atoms with E-state index in [-0.39, 0.29) is 5.43 Å². The number of pyridine rings is 1. The predicted molar refractivity (Wildman–Crippen MR) is 86.8 cm³/mol. The first-order valence-corrected chi connectivity index (χ1v) is 8.00. The maximum atomic E-state index is 12.8. The van der Waals surface area contributed by atoms with Crippen molar-refractivity contribution in [2.45, 2.75) is 40.2 Å². The minimum atomic E-state index is 0.218. The molecule has 0 saturated carbocycles. The molecule has 2 aromatic rings. The number of H-pyrrole nitrogens is 1. The molecule has 1 unspecified atom stereocenters. The zero-order chi connectivity index (χ0) is 15.0. The molecule has 3 heteroatoms. The van der Waals surface area contributed by atoms with Crippen LogP contribution in [0.2, 0.25) is 0 Å². The van der Waals surface area contributed by atoms with Crippen LogP contribution < -0.4 is 10.3 Å². The monoisotopic (exact) mass is 285 g/mol. The minimum Gasteiger partial charge on any atom is -0.358 e. The summed E-state index contributed by atoms with van der Waals surface area (Å²) in [6.07, 6.45) is 2.61. The van der Waals surface area contributed by atoms with Gasteiger partial charge in [0.2, 0.25) is 0 Å². The fourth-order valence-corrected chi connectivity index (χ4v) is 3.59. The van der Waals surface area contributed by atoms with E-state index in [1.165, 1.54) is 25.9 Å². The van der Waals surface area contributed by atoms with Crippen LogP contribution in [0.25, 0.3) is 10.9 Å². The van der Waals surface area contributed by atoms with Crippen LogP contribution in [0.5, 0.6) is 0 Å². The largest absolute Gasteiger partial charge is 0.358 e. The average Bonchev–Trinajstić information content (AvgIpc) is 2.45. The van der Waals surface area contributed by atoms with Gasteiger partial charge in [0.1, 0.15) is 6.54 Å². The third-order valence-corrected chi connectivity index (χ3v) is 4.76. The van der Waals surface area contributed by atoms with Gasteiger partial charge in [-0.25, -0.2) is 0 Å². The van der Waals surface area contributed by atoms with Gasteiger partial charge in [-0.15, -0.1) is 0 Å². The van der Waals surface area contributed by atoms with Gasteiger partial charge in [0.15, 0.2) is 5.43 Å². The lowest BCUT2D eigenvalue weighted by Crippen LogP contribution is -3.12. The van der Waals surface area contributed by atoms with Crippen LogP contribution in [-0.2, 0) is 6.54 Å². The van der Waals surface area contributed by atoms with E-state index in [2.05, 4.69) is 18.0 Å². The van der Waals surface area contributed by atoms with Gasteiger partial charge in [0.05, 0.1) is 18.7 Å². The minimum absolute atomic E-state index is 0.218. The zero-order valence-corrected chi connectivity index (χ0v) is 13.3. The molecule has 1 aliphatic heterocycles. The summed E-state index contributed by atoms with van der Waals surface area (Å²) >= 11 is 0. The zero-order valence-electron chi connectivity index (χ0n) is 13.3. The summed E-state index contributed by atoms with van der Waals surface area (Å²) in [5.41, 5.74) is 4.31. The van der Waals surface area contributed by atoms with E-state index >= 15 is 0 Å². The summed E-state index contributed by atoms with van der Waals surface area (Å²) < 4.78 is 0. The van der Waals surface area contributed by atoms with Crippen molar-refractivity contribution in [1.82, 2.24) is 4.98 Å². The van der Waals surface area contributed by atoms with Crippen molar-refractivity contribution in [3.63, 3.8) is 0 Å². The molecule has 1 fully saturated rings. The molecule has 2 heterocycles. The molecule has 0 spiro atoms. The smallest absolute Gasteiger partial charge is 0.198 e. The van der Waals surface area contributed by atoms with E-state index in [0.717, 1.165) is 40.2 Å². The third-order valence-electron chi connectivity index (χ3n) is 4.76. The Bertz CT molecular complexity index is 717. The van der Waals surface area contributed by atoms with Gasteiger partial charge in [-0.2, -0.15) is 0 Å². The average molecular weight is 285 g/mol. The summed E-state index contributed by atoms with van der Waals surface area (Å²) in [6, 6.07) is 6.07. The van der Waals surface area contributed by atoms with Crippen LogP contribution in [0.3, 0.4) is 0 Å². The molecular formula is C18H25N2O+. The molecule has 3 nitrogen and oxygen atoms in total. The van der Waals surface area contributed by atoms with Crippen LogP contribution in [0.15, 0.2) is 23.0 Å². The molecular weight excluding hydrogens is 260 g/mol. The van der Waals surface area contributed by atoms with Crippen LogP contribution in [0, 0.1) is 19.8 Å². The fraction of sp³-hybridized carbons (Fsp3) is 0.500. The molecule has 0 radical (unpaired) electrons. The van der Waals surface area contributed by atoms with Crippen LogP contribution in [-0.4, -0.2) is 18.1 Å². The first kappa shape index (κ1) is 14.3. The molecule has 1 aromatic heterocycles. The first-order chi connectivity index (χ1) is 10.0. The van der Waals surface area contributed by atoms with Crippen molar-refractivity contribution >= 4 is 10.9 Å². The number of fused-ring (bicyclic) bond motifs is 1. The first-order valence-electron chi connectivity index (χ1n) is 8.00. The molecule has 2 atom stereocenters. The second-order valence-corrected chi connectivity index (χ2v) is 6.74. The standard InChI is InChI=1S/C18H24N2O/c1-12-6-7-17-15(9-12)18(21)16(14(3)19-17)11-20-8-4-5-13(2)10-20/h6-7,9,13H,4-5,8,10-11H2,1-3H3,(H,19,21)/p+1/t13-/m0/s1. The quantitative estimate of drug-likeness (QED) is 0.869. The summed E-state index contributed by atoms with van der Waals surface area (Å²) in [5.74, 6) is 0.774. The van der Waals surface area contributed by atoms with E-state index in [1.54, 1.807) is 4.90 Å². The van der Waals surface area contributed by atoms with Gasteiger partial charge in [0, 0.05) is 22.5 Å². The number of rotatable bonds is 2. The lowest BCUT2D eigenvalue weighted by Gasteiger charge is -2.28. The highest BCUT2D eigenvalue weighted by Crippen LogP contribution is 2.13. The van der Waals surface area contributed by atoms with Crippen LogP contribution >= 0.6 is 0 Å². The molecule has 21 heavy (non-hydrogen) atoms. The Morgan fingerprint density at radius 1 is 1.33 bits per heavy atom. The van der Waals surface area contributed by atoms with E-state index in [9.17, 15) is 4.79 Å².